The predicted molar refractivity (Wildman–Crippen MR) is 139 cm³/mol. The summed E-state index contributed by atoms with van der Waals surface area (Å²) in [5.41, 5.74) is -0.107. The van der Waals surface area contributed by atoms with Gasteiger partial charge in [0.1, 0.15) is 11.6 Å². The third-order valence-electron chi connectivity index (χ3n) is 6.22. The molecule has 1 aromatic carbocycles. The summed E-state index contributed by atoms with van der Waals surface area (Å²) in [6, 6.07) is 4.13. The lowest BCUT2D eigenvalue weighted by Crippen LogP contribution is -2.43. The molecule has 0 aliphatic carbocycles. The highest BCUT2D eigenvalue weighted by Gasteiger charge is 2.36. The minimum absolute atomic E-state index is 0.0234. The first kappa shape index (κ1) is 28.0. The van der Waals surface area contributed by atoms with Gasteiger partial charge in [0.15, 0.2) is 5.75 Å². The monoisotopic (exact) mass is 541 g/mol. The van der Waals surface area contributed by atoms with Crippen molar-refractivity contribution in [1.82, 2.24) is 9.47 Å². The Morgan fingerprint density at radius 1 is 1.17 bits per heavy atom. The maximum Gasteiger partial charge on any atom is 0.295 e. The van der Waals surface area contributed by atoms with Crippen LogP contribution in [0.15, 0.2) is 23.0 Å². The maximum absolute atomic E-state index is 13.6. The Kier molecular flexibility index (Phi) is 8.40. The van der Waals surface area contributed by atoms with Crippen molar-refractivity contribution in [3.8, 4) is 5.75 Å². The molecule has 0 spiro atoms. The zero-order valence-electron chi connectivity index (χ0n) is 21.2. The summed E-state index contributed by atoms with van der Waals surface area (Å²) in [5, 5.41) is 10.8. The van der Waals surface area contributed by atoms with Gasteiger partial charge in [0.05, 0.1) is 16.3 Å². The first-order valence-corrected chi connectivity index (χ1v) is 13.9. The maximum atomic E-state index is 13.6. The number of fused-ring (bicyclic) bond motifs is 1. The van der Waals surface area contributed by atoms with Crippen molar-refractivity contribution in [1.29, 1.82) is 0 Å². The van der Waals surface area contributed by atoms with Gasteiger partial charge in [0.25, 0.3) is 11.5 Å². The van der Waals surface area contributed by atoms with Crippen molar-refractivity contribution in [3.05, 3.63) is 56.1 Å². The molecular weight excluding hydrogens is 509 g/mol. The van der Waals surface area contributed by atoms with E-state index in [1.54, 1.807) is 0 Å². The summed E-state index contributed by atoms with van der Waals surface area (Å²) < 4.78 is 42.3. The van der Waals surface area contributed by atoms with E-state index < -0.39 is 33.1 Å². The van der Waals surface area contributed by atoms with Crippen LogP contribution in [-0.4, -0.2) is 48.2 Å². The number of carbonyl (C=O) groups excluding carboxylic acids is 1. The van der Waals surface area contributed by atoms with Crippen molar-refractivity contribution >= 4 is 33.3 Å². The molecule has 11 heteroatoms. The zero-order chi connectivity index (χ0) is 26.9. The molecule has 1 amide bonds. The van der Waals surface area contributed by atoms with E-state index in [0.717, 1.165) is 4.31 Å². The number of aromatic nitrogens is 1. The summed E-state index contributed by atoms with van der Waals surface area (Å²) in [7, 11) is -2.42. The second-order valence-electron chi connectivity index (χ2n) is 10.0. The van der Waals surface area contributed by atoms with Gasteiger partial charge in [-0.2, -0.15) is 0 Å². The summed E-state index contributed by atoms with van der Waals surface area (Å²) in [6.07, 6.45) is 0.662. The van der Waals surface area contributed by atoms with Gasteiger partial charge in [-0.15, -0.1) is 0 Å². The number of hydrogen-bond acceptors (Lipinski definition) is 5. The highest BCUT2D eigenvalue weighted by molar-refractivity contribution is 7.92. The van der Waals surface area contributed by atoms with Crippen molar-refractivity contribution in [3.63, 3.8) is 0 Å². The van der Waals surface area contributed by atoms with Gasteiger partial charge >= 0.3 is 0 Å². The number of nitrogens with zero attached hydrogens (tertiary/aromatic N) is 3. The molecule has 1 aromatic heterocycles. The summed E-state index contributed by atoms with van der Waals surface area (Å²) in [5.74, 6) is -1.74. The average Bonchev–Trinajstić information content (AvgIpc) is 2.79. The topological polar surface area (TPSA) is 99.9 Å². The Balaban J connectivity index is 2.12. The first-order chi connectivity index (χ1) is 16.7. The molecule has 0 fully saturated rings. The molecule has 3 rings (SSSR count). The first-order valence-electron chi connectivity index (χ1n) is 11.9. The molecule has 198 valence electrons. The van der Waals surface area contributed by atoms with Gasteiger partial charge in [-0.05, 0) is 42.4 Å². The summed E-state index contributed by atoms with van der Waals surface area (Å²) in [4.78, 5) is 28.1. The summed E-state index contributed by atoms with van der Waals surface area (Å²) in [6.45, 7) is 8.08. The molecule has 0 saturated carbocycles. The highest BCUT2D eigenvalue weighted by Crippen LogP contribution is 2.34. The van der Waals surface area contributed by atoms with E-state index in [1.165, 1.54) is 34.7 Å². The van der Waals surface area contributed by atoms with Gasteiger partial charge in [-0.1, -0.05) is 45.4 Å². The fourth-order valence-electron chi connectivity index (χ4n) is 4.28. The van der Waals surface area contributed by atoms with Crippen molar-refractivity contribution < 1.29 is 22.7 Å². The van der Waals surface area contributed by atoms with Crippen LogP contribution in [0.3, 0.4) is 0 Å². The lowest BCUT2D eigenvalue weighted by Gasteiger charge is -2.34. The Morgan fingerprint density at radius 2 is 1.83 bits per heavy atom. The predicted octanol–water partition coefficient (Wildman–Crippen LogP) is 4.01. The molecule has 0 radical (unpaired) electrons. The van der Waals surface area contributed by atoms with Gasteiger partial charge in [0, 0.05) is 32.2 Å². The third kappa shape index (κ3) is 5.70. The molecule has 0 saturated heterocycles. The van der Waals surface area contributed by atoms with Crippen LogP contribution in [0.2, 0.25) is 5.02 Å². The van der Waals surface area contributed by atoms with Crippen LogP contribution in [0.25, 0.3) is 0 Å². The van der Waals surface area contributed by atoms with Gasteiger partial charge in [-0.25, -0.2) is 12.8 Å². The quantitative estimate of drug-likeness (QED) is 0.517. The molecule has 0 atom stereocenters. The van der Waals surface area contributed by atoms with Crippen LogP contribution in [0, 0.1) is 17.7 Å². The fourth-order valence-corrected chi connectivity index (χ4v) is 6.00. The lowest BCUT2D eigenvalue weighted by molar-refractivity contribution is 0.0722. The van der Waals surface area contributed by atoms with Crippen molar-refractivity contribution in [2.24, 2.45) is 11.8 Å². The van der Waals surface area contributed by atoms with Crippen LogP contribution in [0.1, 0.15) is 55.6 Å². The Hall–Kier alpha value is -2.59. The highest BCUT2D eigenvalue weighted by atomic mass is 35.5. The Morgan fingerprint density at radius 3 is 2.42 bits per heavy atom. The smallest absolute Gasteiger partial charge is 0.295 e. The molecule has 1 aliphatic heterocycles. The van der Waals surface area contributed by atoms with E-state index in [1.807, 2.05) is 27.7 Å². The average molecular weight is 542 g/mol. The SMILES string of the molecule is CC(C)CCS(=O)(=O)N(C)c1c2c(c(O)c(=O)n1CC(C)C)C(=O)N(Cc1ccc(F)c(Cl)c1)CC2. The number of halogens is 2. The van der Waals surface area contributed by atoms with E-state index >= 15 is 0 Å². The van der Waals surface area contributed by atoms with Gasteiger partial charge in [-0.3, -0.25) is 18.5 Å². The molecule has 1 aliphatic rings. The van der Waals surface area contributed by atoms with E-state index in [4.69, 9.17) is 11.6 Å². The van der Waals surface area contributed by atoms with Crippen LogP contribution in [-0.2, 0) is 29.5 Å². The number of pyridine rings is 1. The standard InChI is InChI=1S/C25H33ClFN3O5S/c1-15(2)9-11-36(34,35)28(5)23-18-8-10-29(14-17-6-7-20(27)19(26)12-17)24(32)21(18)22(31)25(33)30(23)13-16(3)4/h6-7,12,15-16,31H,8-11,13-14H2,1-5H3. The molecule has 8 nitrogen and oxygen atoms in total. The van der Waals surface area contributed by atoms with Gasteiger partial charge < -0.3 is 10.0 Å². The molecule has 0 bridgehead atoms. The van der Waals surface area contributed by atoms with Crippen molar-refractivity contribution in [2.45, 2.75) is 53.6 Å². The normalized spacial score (nSPS) is 14.0. The number of aromatic hydroxyl groups is 1. The van der Waals surface area contributed by atoms with Crippen molar-refractivity contribution in [2.75, 3.05) is 23.7 Å². The number of anilines is 1. The largest absolute Gasteiger partial charge is 0.502 e. The number of sulfonamides is 1. The molecule has 36 heavy (non-hydrogen) atoms. The molecule has 1 N–H and O–H groups in total. The van der Waals surface area contributed by atoms with Crippen LogP contribution in [0.5, 0.6) is 5.75 Å². The Labute approximate surface area is 216 Å². The zero-order valence-corrected chi connectivity index (χ0v) is 22.8. The minimum atomic E-state index is -3.80. The number of carbonyl (C=O) groups is 1. The third-order valence-corrected chi connectivity index (χ3v) is 8.27. The molecule has 2 aromatic rings. The van der Waals surface area contributed by atoms with E-state index in [9.17, 15) is 27.5 Å². The number of rotatable bonds is 9. The Bertz CT molecular complexity index is 1320. The second-order valence-corrected chi connectivity index (χ2v) is 12.6. The molecule has 2 heterocycles. The number of amides is 1. The second kappa shape index (κ2) is 10.8. The van der Waals surface area contributed by atoms with E-state index in [0.29, 0.717) is 17.5 Å². The molecule has 0 unspecified atom stereocenters. The molecular formula is C25H33ClFN3O5S. The minimum Gasteiger partial charge on any atom is -0.502 e. The van der Waals surface area contributed by atoms with Crippen LogP contribution in [0.4, 0.5) is 10.2 Å². The van der Waals surface area contributed by atoms with E-state index in [-0.39, 0.29) is 60.0 Å². The lowest BCUT2D eigenvalue weighted by atomic mass is 9.97. The van der Waals surface area contributed by atoms with Crippen LogP contribution < -0.4 is 9.86 Å². The fraction of sp³-hybridized carbons (Fsp3) is 0.520. The number of benzene rings is 1. The van der Waals surface area contributed by atoms with Crippen LogP contribution >= 0.6 is 11.6 Å². The van der Waals surface area contributed by atoms with E-state index in [2.05, 4.69) is 0 Å². The van der Waals surface area contributed by atoms with Gasteiger partial charge in [0.2, 0.25) is 10.0 Å². The number of hydrogen-bond donors (Lipinski definition) is 1. The summed E-state index contributed by atoms with van der Waals surface area (Å²) >= 11 is 5.87.